The Labute approximate surface area is 52.1 Å². The molecule has 0 bridgehead atoms. The monoisotopic (exact) mass is 129 g/mol. The normalized spacial score (nSPS) is 20.5. The summed E-state index contributed by atoms with van der Waals surface area (Å²) in [6.07, 6.45) is 1.51. The molecular weight excluding hydrogens is 122 g/mol. The van der Waals surface area contributed by atoms with Crippen LogP contribution in [0.3, 0.4) is 0 Å². The maximum Gasteiger partial charge on any atom is 0.167 e. The third-order valence-electron chi connectivity index (χ3n) is 0.859. The Morgan fingerprint density at radius 2 is 2.38 bits per heavy atom. The van der Waals surface area contributed by atoms with Gasteiger partial charge < -0.3 is 5.73 Å². The van der Waals surface area contributed by atoms with Crippen LogP contribution in [0.1, 0.15) is 0 Å². The lowest BCUT2D eigenvalue weighted by Crippen LogP contribution is -2.12. The maximum absolute atomic E-state index is 10.5. The average Bonchev–Trinajstić information content (AvgIpc) is 1.64. The summed E-state index contributed by atoms with van der Waals surface area (Å²) in [6.45, 7) is 0. The molecule has 0 fully saturated rings. The highest BCUT2D eigenvalue weighted by Gasteiger charge is 2.05. The topological polar surface area (TPSA) is 43.1 Å². The molecule has 0 aromatic carbocycles. The molecule has 8 heavy (non-hydrogen) atoms. The summed E-state index contributed by atoms with van der Waals surface area (Å²) in [5.41, 5.74) is 6.04. The van der Waals surface area contributed by atoms with Crippen LogP contribution < -0.4 is 5.73 Å². The molecule has 0 saturated carbocycles. The molecule has 0 radical (unpaired) electrons. The van der Waals surface area contributed by atoms with Crippen LogP contribution in [0.2, 0.25) is 0 Å². The SMILES string of the molecule is NC1=CC(=O)CSC1. The predicted octanol–water partition coefficient (Wildman–Crippen LogP) is 0.145. The standard InChI is InChI=1S/C5H7NOS/c6-4-1-5(7)3-8-2-4/h1H,2-3,6H2. The Balaban J connectivity index is 2.64. The van der Waals surface area contributed by atoms with Gasteiger partial charge in [0.1, 0.15) is 0 Å². The van der Waals surface area contributed by atoms with E-state index in [1.54, 1.807) is 11.8 Å². The number of rotatable bonds is 0. The van der Waals surface area contributed by atoms with Gasteiger partial charge in [-0.1, -0.05) is 0 Å². The number of ketones is 1. The third kappa shape index (κ3) is 1.26. The largest absolute Gasteiger partial charge is 0.401 e. The second kappa shape index (κ2) is 2.22. The van der Waals surface area contributed by atoms with E-state index in [0.717, 1.165) is 5.75 Å². The van der Waals surface area contributed by atoms with Gasteiger partial charge in [-0.15, -0.1) is 11.8 Å². The zero-order chi connectivity index (χ0) is 5.98. The Bertz CT molecular complexity index is 141. The van der Waals surface area contributed by atoms with Gasteiger partial charge >= 0.3 is 0 Å². The molecule has 0 amide bonds. The highest BCUT2D eigenvalue weighted by Crippen LogP contribution is 2.09. The van der Waals surface area contributed by atoms with Crippen LogP contribution in [-0.4, -0.2) is 17.3 Å². The quantitative estimate of drug-likeness (QED) is 0.506. The minimum Gasteiger partial charge on any atom is -0.401 e. The van der Waals surface area contributed by atoms with Crippen molar-refractivity contribution >= 4 is 17.5 Å². The Kier molecular flexibility index (Phi) is 1.58. The fourth-order valence-electron chi connectivity index (χ4n) is 0.560. The first-order chi connectivity index (χ1) is 3.79. The van der Waals surface area contributed by atoms with Crippen LogP contribution in [0.5, 0.6) is 0 Å². The van der Waals surface area contributed by atoms with Gasteiger partial charge in [0.05, 0.1) is 5.75 Å². The van der Waals surface area contributed by atoms with Gasteiger partial charge in [0.2, 0.25) is 0 Å². The molecule has 0 atom stereocenters. The fraction of sp³-hybridized carbons (Fsp3) is 0.400. The van der Waals surface area contributed by atoms with Gasteiger partial charge in [-0.25, -0.2) is 0 Å². The van der Waals surface area contributed by atoms with Crippen LogP contribution >= 0.6 is 11.8 Å². The minimum atomic E-state index is 0.138. The van der Waals surface area contributed by atoms with Crippen molar-refractivity contribution in [1.82, 2.24) is 0 Å². The number of hydrogen-bond acceptors (Lipinski definition) is 3. The zero-order valence-electron chi connectivity index (χ0n) is 4.39. The molecule has 0 saturated heterocycles. The van der Waals surface area contributed by atoms with E-state index >= 15 is 0 Å². The van der Waals surface area contributed by atoms with Crippen molar-refractivity contribution in [1.29, 1.82) is 0 Å². The number of nitrogens with two attached hydrogens (primary N) is 1. The summed E-state index contributed by atoms with van der Waals surface area (Å²) >= 11 is 1.57. The van der Waals surface area contributed by atoms with Gasteiger partial charge in [-0.05, 0) is 0 Å². The summed E-state index contributed by atoms with van der Waals surface area (Å²) in [5.74, 6) is 1.55. The molecule has 0 unspecified atom stereocenters. The number of hydrogen-bond donors (Lipinski definition) is 1. The lowest BCUT2D eigenvalue weighted by molar-refractivity contribution is -0.112. The zero-order valence-corrected chi connectivity index (χ0v) is 5.20. The summed E-state index contributed by atoms with van der Waals surface area (Å²) in [6, 6.07) is 0. The number of carbonyl (C=O) groups is 1. The van der Waals surface area contributed by atoms with E-state index in [1.165, 1.54) is 6.08 Å². The lowest BCUT2D eigenvalue weighted by atomic mass is 10.3. The van der Waals surface area contributed by atoms with Crippen LogP contribution in [0, 0.1) is 0 Å². The van der Waals surface area contributed by atoms with Gasteiger partial charge in [0.25, 0.3) is 0 Å². The Morgan fingerprint density at radius 3 is 2.75 bits per heavy atom. The van der Waals surface area contributed by atoms with Crippen molar-refractivity contribution in [3.05, 3.63) is 11.8 Å². The van der Waals surface area contributed by atoms with E-state index in [4.69, 9.17) is 5.73 Å². The average molecular weight is 129 g/mol. The molecule has 2 N–H and O–H groups in total. The third-order valence-corrected chi connectivity index (χ3v) is 1.89. The number of carbonyl (C=O) groups excluding carboxylic acids is 1. The highest BCUT2D eigenvalue weighted by atomic mass is 32.2. The second-order valence-corrected chi connectivity index (χ2v) is 2.66. The Hall–Kier alpha value is -0.440. The van der Waals surface area contributed by atoms with Crippen molar-refractivity contribution in [2.45, 2.75) is 0 Å². The van der Waals surface area contributed by atoms with Crippen LogP contribution in [0.4, 0.5) is 0 Å². The van der Waals surface area contributed by atoms with E-state index in [0.29, 0.717) is 11.4 Å². The molecule has 0 aliphatic carbocycles. The smallest absolute Gasteiger partial charge is 0.167 e. The van der Waals surface area contributed by atoms with E-state index in [-0.39, 0.29) is 5.78 Å². The summed E-state index contributed by atoms with van der Waals surface area (Å²) < 4.78 is 0. The van der Waals surface area contributed by atoms with Crippen molar-refractivity contribution in [3.63, 3.8) is 0 Å². The molecular formula is C5H7NOS. The molecule has 2 nitrogen and oxygen atoms in total. The lowest BCUT2D eigenvalue weighted by Gasteiger charge is -2.04. The van der Waals surface area contributed by atoms with Crippen molar-refractivity contribution in [2.75, 3.05) is 11.5 Å². The van der Waals surface area contributed by atoms with E-state index in [2.05, 4.69) is 0 Å². The van der Waals surface area contributed by atoms with Crippen LogP contribution in [0.25, 0.3) is 0 Å². The number of thioether (sulfide) groups is 1. The first-order valence-corrected chi connectivity index (χ1v) is 3.51. The van der Waals surface area contributed by atoms with Gasteiger partial charge in [0, 0.05) is 17.5 Å². The molecule has 0 aromatic rings. The predicted molar refractivity (Wildman–Crippen MR) is 34.6 cm³/mol. The second-order valence-electron chi connectivity index (χ2n) is 1.68. The van der Waals surface area contributed by atoms with Crippen LogP contribution in [0.15, 0.2) is 11.8 Å². The molecule has 1 heterocycles. The molecule has 0 aromatic heterocycles. The molecule has 0 spiro atoms. The van der Waals surface area contributed by atoms with Crippen LogP contribution in [-0.2, 0) is 4.79 Å². The van der Waals surface area contributed by atoms with E-state index in [9.17, 15) is 4.79 Å². The molecule has 3 heteroatoms. The maximum atomic E-state index is 10.5. The first-order valence-electron chi connectivity index (χ1n) is 2.35. The van der Waals surface area contributed by atoms with Gasteiger partial charge in [-0.3, -0.25) is 4.79 Å². The van der Waals surface area contributed by atoms with Crippen molar-refractivity contribution in [2.24, 2.45) is 5.73 Å². The van der Waals surface area contributed by atoms with E-state index < -0.39 is 0 Å². The number of allylic oxidation sites excluding steroid dienone is 1. The summed E-state index contributed by atoms with van der Waals surface area (Å²) in [4.78, 5) is 10.5. The molecule has 44 valence electrons. The Morgan fingerprint density at radius 1 is 1.62 bits per heavy atom. The van der Waals surface area contributed by atoms with Crippen molar-refractivity contribution < 1.29 is 4.79 Å². The van der Waals surface area contributed by atoms with Crippen molar-refractivity contribution in [3.8, 4) is 0 Å². The van der Waals surface area contributed by atoms with Gasteiger partial charge in [0.15, 0.2) is 5.78 Å². The fourth-order valence-corrected chi connectivity index (χ4v) is 1.27. The van der Waals surface area contributed by atoms with E-state index in [1.807, 2.05) is 0 Å². The van der Waals surface area contributed by atoms with Gasteiger partial charge in [-0.2, -0.15) is 0 Å². The minimum absolute atomic E-state index is 0.138. The first kappa shape index (κ1) is 5.69. The molecule has 1 rings (SSSR count). The summed E-state index contributed by atoms with van der Waals surface area (Å²) in [5, 5.41) is 0. The highest BCUT2D eigenvalue weighted by molar-refractivity contribution is 8.00. The molecule has 1 aliphatic rings. The summed E-state index contributed by atoms with van der Waals surface area (Å²) in [7, 11) is 0. The molecule has 1 aliphatic heterocycles.